The van der Waals surface area contributed by atoms with E-state index in [2.05, 4.69) is 10.3 Å². The molecule has 0 saturated heterocycles. The van der Waals surface area contributed by atoms with Gasteiger partial charge in [-0.3, -0.25) is 9.59 Å². The number of amides is 2. The molecule has 1 aliphatic carbocycles. The molecule has 156 valence electrons. The Bertz CT molecular complexity index is 826. The second-order valence-electron chi connectivity index (χ2n) is 7.01. The Hall–Kier alpha value is -2.25. The average Bonchev–Trinajstić information content (AvgIpc) is 2.74. The highest BCUT2D eigenvalue weighted by atomic mass is 35.5. The fourth-order valence-electron chi connectivity index (χ4n) is 3.37. The number of nitrogens with zero attached hydrogens (tertiary/aromatic N) is 2. The van der Waals surface area contributed by atoms with Gasteiger partial charge in [0.15, 0.2) is 0 Å². The second kappa shape index (κ2) is 11.1. The number of halogens is 1. The van der Waals surface area contributed by atoms with Crippen LogP contribution in [-0.2, 0) is 4.79 Å². The smallest absolute Gasteiger partial charge is 0.256 e. The van der Waals surface area contributed by atoms with Gasteiger partial charge < -0.3 is 16.0 Å². The molecular formula is C21H27ClN4O2S. The first-order valence-corrected chi connectivity index (χ1v) is 10.5. The number of nitrogens with two attached hydrogens (primary N) is 1. The minimum Gasteiger partial charge on any atom is -0.384 e. The maximum atomic E-state index is 12.7. The minimum atomic E-state index is -0.234. The average molecular weight is 435 g/mol. The molecule has 0 atom stereocenters. The molecular weight excluding hydrogens is 408 g/mol. The van der Waals surface area contributed by atoms with E-state index in [1.54, 1.807) is 18.2 Å². The van der Waals surface area contributed by atoms with Gasteiger partial charge in [-0.2, -0.15) is 0 Å². The molecule has 0 bridgehead atoms. The van der Waals surface area contributed by atoms with Crippen molar-refractivity contribution in [2.45, 2.75) is 43.0 Å². The zero-order valence-electron chi connectivity index (χ0n) is 16.5. The molecule has 0 spiro atoms. The van der Waals surface area contributed by atoms with Crippen molar-refractivity contribution in [3.05, 3.63) is 48.2 Å². The quantitative estimate of drug-likeness (QED) is 0.664. The predicted molar refractivity (Wildman–Crippen MR) is 121 cm³/mol. The summed E-state index contributed by atoms with van der Waals surface area (Å²) in [4.78, 5) is 31.9. The fraction of sp³-hybridized carbons (Fsp3) is 0.381. The Labute approximate surface area is 182 Å². The summed E-state index contributed by atoms with van der Waals surface area (Å²) < 4.78 is 0. The number of hydrogen-bond donors (Lipinski definition) is 2. The lowest BCUT2D eigenvalue weighted by Gasteiger charge is -2.31. The third-order valence-corrected chi connectivity index (χ3v) is 6.10. The van der Waals surface area contributed by atoms with Gasteiger partial charge in [-0.25, -0.2) is 4.98 Å². The van der Waals surface area contributed by atoms with Crippen LogP contribution in [0.1, 0.15) is 42.5 Å². The van der Waals surface area contributed by atoms with Crippen LogP contribution in [0.5, 0.6) is 0 Å². The standard InChI is InChI=1S/C21H26N4O2S.ClH/c1-25(16-7-3-2-4-8-16)20(26)14-28-18-10-6-5-9-17(18)21(27)24-15-11-12-19(22)23-13-15;/h5-6,9-13,16H,2-4,7-8,14H2,1H3,(H2,22,23)(H,24,27);1H. The number of carbonyl (C=O) groups is 2. The molecule has 1 aliphatic rings. The topological polar surface area (TPSA) is 88.3 Å². The zero-order valence-corrected chi connectivity index (χ0v) is 18.1. The molecule has 0 aliphatic heterocycles. The highest BCUT2D eigenvalue weighted by Crippen LogP contribution is 2.26. The molecule has 3 N–H and O–H groups in total. The minimum absolute atomic E-state index is 0. The van der Waals surface area contributed by atoms with Gasteiger partial charge in [0.05, 0.1) is 23.2 Å². The van der Waals surface area contributed by atoms with Crippen molar-refractivity contribution in [1.29, 1.82) is 0 Å². The Morgan fingerprint density at radius 2 is 1.90 bits per heavy atom. The van der Waals surface area contributed by atoms with Gasteiger partial charge >= 0.3 is 0 Å². The summed E-state index contributed by atoms with van der Waals surface area (Å²) in [5, 5.41) is 2.82. The maximum Gasteiger partial charge on any atom is 0.256 e. The van der Waals surface area contributed by atoms with E-state index in [0.29, 0.717) is 28.9 Å². The fourth-order valence-corrected chi connectivity index (χ4v) is 4.34. The van der Waals surface area contributed by atoms with Gasteiger partial charge in [-0.15, -0.1) is 24.2 Å². The number of rotatable bonds is 6. The number of anilines is 2. The predicted octanol–water partition coefficient (Wildman–Crippen LogP) is 4.22. The van der Waals surface area contributed by atoms with E-state index in [4.69, 9.17) is 5.73 Å². The number of nitrogen functional groups attached to an aromatic ring is 1. The van der Waals surface area contributed by atoms with Crippen LogP contribution in [0.25, 0.3) is 0 Å². The first kappa shape index (κ1) is 23.0. The van der Waals surface area contributed by atoms with E-state index in [-0.39, 0.29) is 24.2 Å². The summed E-state index contributed by atoms with van der Waals surface area (Å²) in [6.07, 6.45) is 7.34. The van der Waals surface area contributed by atoms with Crippen molar-refractivity contribution in [2.75, 3.05) is 23.9 Å². The normalized spacial score (nSPS) is 14.0. The van der Waals surface area contributed by atoms with Gasteiger partial charge in [0.1, 0.15) is 5.82 Å². The van der Waals surface area contributed by atoms with Crippen molar-refractivity contribution in [3.63, 3.8) is 0 Å². The van der Waals surface area contributed by atoms with Crippen molar-refractivity contribution in [3.8, 4) is 0 Å². The number of aromatic nitrogens is 1. The molecule has 6 nitrogen and oxygen atoms in total. The summed E-state index contributed by atoms with van der Waals surface area (Å²) in [5.74, 6) is 0.591. The van der Waals surface area contributed by atoms with Gasteiger partial charge in [-0.1, -0.05) is 31.4 Å². The summed E-state index contributed by atoms with van der Waals surface area (Å²) in [6.45, 7) is 0. The van der Waals surface area contributed by atoms with Crippen LogP contribution in [0.3, 0.4) is 0 Å². The van der Waals surface area contributed by atoms with Crippen LogP contribution in [0.15, 0.2) is 47.5 Å². The van der Waals surface area contributed by atoms with Crippen LogP contribution in [0.4, 0.5) is 11.5 Å². The summed E-state index contributed by atoms with van der Waals surface area (Å²) in [7, 11) is 1.89. The van der Waals surface area contributed by atoms with E-state index in [1.165, 1.54) is 37.2 Å². The van der Waals surface area contributed by atoms with Crippen LogP contribution >= 0.6 is 24.2 Å². The second-order valence-corrected chi connectivity index (χ2v) is 8.02. The number of thioether (sulfide) groups is 1. The molecule has 2 amide bonds. The van der Waals surface area contributed by atoms with Gasteiger partial charge in [0.2, 0.25) is 5.91 Å². The third kappa shape index (κ3) is 6.37. The first-order chi connectivity index (χ1) is 13.5. The molecule has 1 heterocycles. The number of pyridine rings is 1. The van der Waals surface area contributed by atoms with Crippen molar-refractivity contribution in [2.24, 2.45) is 0 Å². The number of nitrogens with one attached hydrogen (secondary N) is 1. The van der Waals surface area contributed by atoms with E-state index >= 15 is 0 Å². The Balaban J connectivity index is 0.00000300. The van der Waals surface area contributed by atoms with E-state index in [9.17, 15) is 9.59 Å². The Kier molecular flexibility index (Phi) is 8.79. The molecule has 8 heteroatoms. The van der Waals surface area contributed by atoms with Gasteiger partial charge in [-0.05, 0) is 37.1 Å². The Morgan fingerprint density at radius 3 is 2.59 bits per heavy atom. The first-order valence-electron chi connectivity index (χ1n) is 9.55. The SMILES string of the molecule is CN(C(=O)CSc1ccccc1C(=O)Nc1ccc(N)nc1)C1CCCCC1.Cl. The van der Waals surface area contributed by atoms with Crippen molar-refractivity contribution in [1.82, 2.24) is 9.88 Å². The zero-order chi connectivity index (χ0) is 19.9. The van der Waals surface area contributed by atoms with E-state index in [1.807, 2.05) is 30.1 Å². The molecule has 1 saturated carbocycles. The van der Waals surface area contributed by atoms with E-state index < -0.39 is 0 Å². The van der Waals surface area contributed by atoms with Crippen LogP contribution in [0.2, 0.25) is 0 Å². The molecule has 1 fully saturated rings. The molecule has 2 aromatic rings. The van der Waals surface area contributed by atoms with Gasteiger partial charge in [0.25, 0.3) is 5.91 Å². The van der Waals surface area contributed by atoms with Crippen LogP contribution < -0.4 is 11.1 Å². The molecule has 3 rings (SSSR count). The van der Waals surface area contributed by atoms with Gasteiger partial charge in [0, 0.05) is 18.0 Å². The largest absolute Gasteiger partial charge is 0.384 e. The van der Waals surface area contributed by atoms with Crippen molar-refractivity contribution < 1.29 is 9.59 Å². The third-order valence-electron chi connectivity index (χ3n) is 5.04. The molecule has 0 radical (unpaired) electrons. The van der Waals surface area contributed by atoms with Crippen molar-refractivity contribution >= 4 is 47.5 Å². The monoisotopic (exact) mass is 434 g/mol. The number of hydrogen-bond acceptors (Lipinski definition) is 5. The lowest BCUT2D eigenvalue weighted by atomic mass is 9.94. The molecule has 1 aromatic heterocycles. The summed E-state index contributed by atoms with van der Waals surface area (Å²) >= 11 is 1.40. The molecule has 29 heavy (non-hydrogen) atoms. The van der Waals surface area contributed by atoms with E-state index in [0.717, 1.165) is 17.7 Å². The molecule has 0 unspecified atom stereocenters. The highest BCUT2D eigenvalue weighted by Gasteiger charge is 2.22. The highest BCUT2D eigenvalue weighted by molar-refractivity contribution is 8.00. The molecule has 1 aromatic carbocycles. The number of benzene rings is 1. The summed E-state index contributed by atoms with van der Waals surface area (Å²) in [6, 6.07) is 11.0. The lowest BCUT2D eigenvalue weighted by Crippen LogP contribution is -2.39. The Morgan fingerprint density at radius 1 is 1.17 bits per heavy atom. The maximum absolute atomic E-state index is 12.7. The number of carbonyl (C=O) groups excluding carboxylic acids is 2. The lowest BCUT2D eigenvalue weighted by molar-refractivity contribution is -0.129. The van der Waals surface area contributed by atoms with Crippen LogP contribution in [0, 0.1) is 0 Å². The summed E-state index contributed by atoms with van der Waals surface area (Å²) in [5.41, 5.74) is 6.69. The van der Waals surface area contributed by atoms with Crippen LogP contribution in [-0.4, -0.2) is 40.5 Å².